The molecule has 5 rings (SSSR count). The number of fused-ring (bicyclic) bond motifs is 2. The van der Waals surface area contributed by atoms with E-state index in [4.69, 9.17) is 14.2 Å². The molecule has 0 saturated carbocycles. The van der Waals surface area contributed by atoms with E-state index in [2.05, 4.69) is 34.0 Å². The zero-order chi connectivity index (χ0) is 28.1. The number of hydrogen-bond donors (Lipinski definition) is 2. The normalized spacial score (nSPS) is 11.0. The number of rotatable bonds is 8. The summed E-state index contributed by atoms with van der Waals surface area (Å²) >= 11 is 0. The fourth-order valence-corrected chi connectivity index (χ4v) is 4.53. The number of ether oxygens (including phenoxy) is 3. The molecule has 8 heteroatoms. The van der Waals surface area contributed by atoms with Gasteiger partial charge in [0.15, 0.2) is 11.5 Å². The molecule has 0 bridgehead atoms. The van der Waals surface area contributed by atoms with Crippen LogP contribution < -0.4 is 25.0 Å². The largest absolute Gasteiger partial charge is 0.493 e. The van der Waals surface area contributed by atoms with E-state index < -0.39 is 0 Å². The van der Waals surface area contributed by atoms with Crippen LogP contribution in [0.15, 0.2) is 96.1 Å². The first kappa shape index (κ1) is 26.2. The number of carbonyl (C=O) groups is 2. The molecule has 0 aliphatic carbocycles. The van der Waals surface area contributed by atoms with Crippen LogP contribution in [0.25, 0.3) is 21.5 Å². The van der Waals surface area contributed by atoms with Gasteiger partial charge in [-0.2, -0.15) is 5.10 Å². The van der Waals surface area contributed by atoms with Crippen molar-refractivity contribution in [3.05, 3.63) is 108 Å². The molecule has 0 aliphatic heterocycles. The maximum atomic E-state index is 12.9. The number of nitrogens with one attached hydrogen (secondary N) is 2. The summed E-state index contributed by atoms with van der Waals surface area (Å²) in [6.07, 6.45) is 1.68. The zero-order valence-electron chi connectivity index (χ0n) is 22.2. The van der Waals surface area contributed by atoms with Gasteiger partial charge in [0, 0.05) is 22.4 Å². The Labute approximate surface area is 231 Å². The van der Waals surface area contributed by atoms with Crippen LogP contribution in [-0.2, 0) is 0 Å². The SMILES string of the molecule is COc1cc(C(=O)Nc2ccc(C(=O)N/N=C\c3c4ccccc4cc4ccccc34)cc2)cc(OC)c1OC. The highest BCUT2D eigenvalue weighted by molar-refractivity contribution is 6.13. The van der Waals surface area contributed by atoms with Crippen LogP contribution in [0.1, 0.15) is 26.3 Å². The number of amides is 2. The van der Waals surface area contributed by atoms with Gasteiger partial charge in [0.2, 0.25) is 5.75 Å². The highest BCUT2D eigenvalue weighted by Crippen LogP contribution is 2.38. The predicted molar refractivity (Wildman–Crippen MR) is 157 cm³/mol. The van der Waals surface area contributed by atoms with Crippen LogP contribution in [-0.4, -0.2) is 39.4 Å². The fourth-order valence-electron chi connectivity index (χ4n) is 4.53. The van der Waals surface area contributed by atoms with Gasteiger partial charge in [-0.05, 0) is 64.0 Å². The van der Waals surface area contributed by atoms with E-state index in [0.29, 0.717) is 34.1 Å². The van der Waals surface area contributed by atoms with Crippen molar-refractivity contribution in [1.29, 1.82) is 0 Å². The molecule has 2 N–H and O–H groups in total. The standard InChI is InChI=1S/C32H27N3O5/c1-38-28-17-23(18-29(39-2)30(28)40-3)31(36)34-24-14-12-20(13-15-24)32(37)35-33-19-27-25-10-6-4-8-21(25)16-22-9-5-7-11-26(22)27/h4-19H,1-3H3,(H,34,36)(H,35,37)/b33-19-. The second-order valence-corrected chi connectivity index (χ2v) is 8.88. The Bertz CT molecular complexity index is 1670. The van der Waals surface area contributed by atoms with Gasteiger partial charge >= 0.3 is 0 Å². The Morgan fingerprint density at radius 2 is 1.25 bits per heavy atom. The molecule has 0 aliphatic rings. The number of carbonyl (C=O) groups excluding carboxylic acids is 2. The lowest BCUT2D eigenvalue weighted by Gasteiger charge is -2.14. The first-order chi connectivity index (χ1) is 19.5. The molecule has 5 aromatic carbocycles. The Hall–Kier alpha value is -5.37. The van der Waals surface area contributed by atoms with Crippen LogP contribution in [0.3, 0.4) is 0 Å². The van der Waals surface area contributed by atoms with E-state index in [1.54, 1.807) is 42.6 Å². The van der Waals surface area contributed by atoms with Gasteiger partial charge < -0.3 is 19.5 Å². The average molecular weight is 534 g/mol. The number of methoxy groups -OCH3 is 3. The van der Waals surface area contributed by atoms with E-state index in [9.17, 15) is 9.59 Å². The second kappa shape index (κ2) is 11.6. The number of benzene rings is 5. The molecular weight excluding hydrogens is 506 g/mol. The van der Waals surface area contributed by atoms with Gasteiger partial charge in [0.1, 0.15) is 0 Å². The maximum absolute atomic E-state index is 12.9. The zero-order valence-corrected chi connectivity index (χ0v) is 22.2. The van der Waals surface area contributed by atoms with Crippen molar-refractivity contribution in [2.24, 2.45) is 5.10 Å². The molecule has 0 saturated heterocycles. The quantitative estimate of drug-likeness (QED) is 0.144. The van der Waals surface area contributed by atoms with Crippen molar-refractivity contribution in [3.8, 4) is 17.2 Å². The first-order valence-electron chi connectivity index (χ1n) is 12.5. The fraction of sp³-hybridized carbons (Fsp3) is 0.0938. The summed E-state index contributed by atoms with van der Waals surface area (Å²) in [4.78, 5) is 25.6. The Morgan fingerprint density at radius 3 is 1.80 bits per heavy atom. The summed E-state index contributed by atoms with van der Waals surface area (Å²) in [7, 11) is 4.46. The van der Waals surface area contributed by atoms with Crippen molar-refractivity contribution in [2.75, 3.05) is 26.6 Å². The van der Waals surface area contributed by atoms with E-state index in [0.717, 1.165) is 27.1 Å². The molecule has 40 heavy (non-hydrogen) atoms. The van der Waals surface area contributed by atoms with Crippen LogP contribution in [0, 0.1) is 0 Å². The second-order valence-electron chi connectivity index (χ2n) is 8.88. The smallest absolute Gasteiger partial charge is 0.271 e. The van der Waals surface area contributed by atoms with Crippen molar-refractivity contribution >= 4 is 45.3 Å². The van der Waals surface area contributed by atoms with E-state index in [-0.39, 0.29) is 11.8 Å². The van der Waals surface area contributed by atoms with Gasteiger partial charge in [0.25, 0.3) is 11.8 Å². The molecular formula is C32H27N3O5. The van der Waals surface area contributed by atoms with Gasteiger partial charge in [-0.1, -0.05) is 48.5 Å². The molecule has 2 amide bonds. The van der Waals surface area contributed by atoms with Crippen LogP contribution in [0.2, 0.25) is 0 Å². The summed E-state index contributed by atoms with van der Waals surface area (Å²) in [5, 5.41) is 11.3. The van der Waals surface area contributed by atoms with Crippen LogP contribution in [0.5, 0.6) is 17.2 Å². The number of anilines is 1. The molecule has 5 aromatic rings. The minimum atomic E-state index is -0.372. The summed E-state index contributed by atoms with van der Waals surface area (Å²) in [5.74, 6) is 0.395. The van der Waals surface area contributed by atoms with E-state index >= 15 is 0 Å². The average Bonchev–Trinajstić information content (AvgIpc) is 3.00. The summed E-state index contributed by atoms with van der Waals surface area (Å²) in [5.41, 5.74) is 4.77. The number of hydrazone groups is 1. The lowest BCUT2D eigenvalue weighted by molar-refractivity contribution is 0.0954. The molecule has 0 heterocycles. The lowest BCUT2D eigenvalue weighted by atomic mass is 9.97. The van der Waals surface area contributed by atoms with Gasteiger partial charge in [-0.15, -0.1) is 0 Å². The Morgan fingerprint density at radius 1 is 0.675 bits per heavy atom. The molecule has 0 radical (unpaired) electrons. The third kappa shape index (κ3) is 5.28. The van der Waals surface area contributed by atoms with Crippen molar-refractivity contribution in [2.45, 2.75) is 0 Å². The molecule has 200 valence electrons. The highest BCUT2D eigenvalue weighted by atomic mass is 16.5. The maximum Gasteiger partial charge on any atom is 0.271 e. The van der Waals surface area contributed by atoms with Gasteiger partial charge in [-0.25, -0.2) is 5.43 Å². The van der Waals surface area contributed by atoms with E-state index in [1.807, 2.05) is 36.4 Å². The third-order valence-corrected chi connectivity index (χ3v) is 6.50. The molecule has 0 atom stereocenters. The first-order valence-corrected chi connectivity index (χ1v) is 12.5. The summed E-state index contributed by atoms with van der Waals surface area (Å²) in [6.45, 7) is 0. The van der Waals surface area contributed by atoms with Crippen molar-refractivity contribution < 1.29 is 23.8 Å². The van der Waals surface area contributed by atoms with Gasteiger partial charge in [0.05, 0.1) is 27.5 Å². The molecule has 8 nitrogen and oxygen atoms in total. The molecule has 0 spiro atoms. The Kier molecular flexibility index (Phi) is 7.59. The monoisotopic (exact) mass is 533 g/mol. The minimum absolute atomic E-state index is 0.326. The van der Waals surface area contributed by atoms with Crippen molar-refractivity contribution in [3.63, 3.8) is 0 Å². The molecule has 0 aromatic heterocycles. The number of nitrogens with zero attached hydrogens (tertiary/aromatic N) is 1. The molecule has 0 unspecified atom stereocenters. The predicted octanol–water partition coefficient (Wildman–Crippen LogP) is 6.04. The van der Waals surface area contributed by atoms with Crippen molar-refractivity contribution in [1.82, 2.24) is 5.43 Å². The minimum Gasteiger partial charge on any atom is -0.493 e. The third-order valence-electron chi connectivity index (χ3n) is 6.50. The van der Waals surface area contributed by atoms with E-state index in [1.165, 1.54) is 21.3 Å². The topological polar surface area (TPSA) is 98.2 Å². The lowest BCUT2D eigenvalue weighted by Crippen LogP contribution is -2.18. The number of hydrogen-bond acceptors (Lipinski definition) is 6. The van der Waals surface area contributed by atoms with Gasteiger partial charge in [-0.3, -0.25) is 9.59 Å². The van der Waals surface area contributed by atoms with Crippen LogP contribution >= 0.6 is 0 Å². The highest BCUT2D eigenvalue weighted by Gasteiger charge is 2.17. The Balaban J connectivity index is 1.29. The van der Waals surface area contributed by atoms with Crippen LogP contribution in [0.4, 0.5) is 5.69 Å². The summed E-state index contributed by atoms with van der Waals surface area (Å²) < 4.78 is 16.0. The summed E-state index contributed by atoms with van der Waals surface area (Å²) in [6, 6.07) is 27.9. The molecule has 0 fully saturated rings.